The molecule has 1 amide bonds. The molecular weight excluding hydrogens is 245 g/mol. The Morgan fingerprint density at radius 2 is 2.06 bits per heavy atom. The third-order valence-electron chi connectivity index (χ3n) is 2.58. The topological polar surface area (TPSA) is 94.6 Å². The Morgan fingerprint density at radius 3 is 2.50 bits per heavy atom. The number of hydrogen-bond acceptors (Lipinski definition) is 5. The summed E-state index contributed by atoms with van der Waals surface area (Å²) in [6.45, 7) is 1.38. The zero-order valence-electron chi connectivity index (χ0n) is 8.89. The number of rotatable bonds is 1. The number of carbonyl (C=O) groups excluding carboxylic acids is 2. The molecule has 8 heteroatoms. The van der Waals surface area contributed by atoms with Gasteiger partial charge in [0.1, 0.15) is 5.37 Å². The predicted octanol–water partition coefficient (Wildman–Crippen LogP) is -5.00. The number of amides is 1. The van der Waals surface area contributed by atoms with Gasteiger partial charge >= 0.3 is 29.6 Å². The van der Waals surface area contributed by atoms with Gasteiger partial charge in [-0.25, -0.2) is 8.42 Å². The molecule has 1 fully saturated rings. The average Bonchev–Trinajstić information content (AvgIpc) is 2.06. The smallest absolute Gasteiger partial charge is 0.543 e. The third-order valence-corrected chi connectivity index (χ3v) is 4.62. The van der Waals surface area contributed by atoms with E-state index < -0.39 is 27.1 Å². The molecule has 0 aliphatic carbocycles. The molecule has 0 radical (unpaired) electrons. The molecule has 0 saturated carbocycles. The van der Waals surface area contributed by atoms with Gasteiger partial charge in [0.15, 0.2) is 9.84 Å². The van der Waals surface area contributed by atoms with E-state index in [0.29, 0.717) is 0 Å². The third kappa shape index (κ3) is 1.81. The summed E-state index contributed by atoms with van der Waals surface area (Å²) in [5.74, 6) is -2.30. The first-order chi connectivity index (χ1) is 6.84. The number of carboxylic acids is 1. The summed E-state index contributed by atoms with van der Waals surface area (Å²) in [4.78, 5) is 22.7. The van der Waals surface area contributed by atoms with Crippen molar-refractivity contribution in [2.75, 3.05) is 5.75 Å². The second-order valence-electron chi connectivity index (χ2n) is 3.65. The van der Waals surface area contributed by atoms with Gasteiger partial charge in [-0.1, -0.05) is 0 Å². The van der Waals surface area contributed by atoms with Crippen LogP contribution in [0.15, 0.2) is 11.3 Å². The minimum Gasteiger partial charge on any atom is -0.543 e. The fraction of sp³-hybridized carbons (Fsp3) is 0.500. The molecule has 0 N–H and O–H groups in total. The van der Waals surface area contributed by atoms with Gasteiger partial charge in [-0.3, -0.25) is 9.69 Å². The van der Waals surface area contributed by atoms with E-state index in [0.717, 1.165) is 4.90 Å². The largest absolute Gasteiger partial charge is 1.00 e. The minimum absolute atomic E-state index is 0. The molecule has 2 aliphatic heterocycles. The number of sulfone groups is 1. The molecule has 0 bridgehead atoms. The van der Waals surface area contributed by atoms with Crippen molar-refractivity contribution in [3.63, 3.8) is 0 Å². The minimum atomic E-state index is -3.42. The van der Waals surface area contributed by atoms with E-state index in [1.807, 2.05) is 0 Å². The van der Waals surface area contributed by atoms with Crippen LogP contribution in [0, 0.1) is 0 Å². The molecule has 6 nitrogen and oxygen atoms in total. The molecule has 0 unspecified atom stereocenters. The van der Waals surface area contributed by atoms with Crippen LogP contribution in [-0.2, 0) is 19.4 Å². The summed E-state index contributed by atoms with van der Waals surface area (Å²) in [6, 6.07) is 0. The van der Waals surface area contributed by atoms with Crippen molar-refractivity contribution >= 4 is 21.7 Å². The standard InChI is InChI=1S/C8H9NO5S.Na/c1-4-3-15(13,14)6-2-5(10)9(6)7(4)8(11)12;/h6H,2-3H2,1H3,(H,11,12);/q;+1/p-1/t6-;/m1./s1. The molecule has 2 rings (SSSR count). The van der Waals surface area contributed by atoms with Crippen molar-refractivity contribution in [3.05, 3.63) is 11.3 Å². The Hall–Kier alpha value is -0.370. The van der Waals surface area contributed by atoms with Crippen LogP contribution < -0.4 is 34.7 Å². The second kappa shape index (κ2) is 4.14. The zero-order valence-corrected chi connectivity index (χ0v) is 11.7. The summed E-state index contributed by atoms with van der Waals surface area (Å²) in [5.41, 5.74) is -0.134. The Balaban J connectivity index is 0.00000128. The molecule has 0 aromatic carbocycles. The molecule has 2 aliphatic rings. The van der Waals surface area contributed by atoms with Crippen LogP contribution in [0.2, 0.25) is 0 Å². The predicted molar refractivity (Wildman–Crippen MR) is 46.7 cm³/mol. The van der Waals surface area contributed by atoms with Crippen molar-refractivity contribution in [1.82, 2.24) is 4.90 Å². The molecular formula is C8H8NNaO5S. The van der Waals surface area contributed by atoms with E-state index >= 15 is 0 Å². The molecule has 0 aromatic heterocycles. The van der Waals surface area contributed by atoms with Crippen molar-refractivity contribution < 1.29 is 52.7 Å². The van der Waals surface area contributed by atoms with Crippen molar-refractivity contribution in [3.8, 4) is 0 Å². The van der Waals surface area contributed by atoms with Crippen LogP contribution in [-0.4, -0.2) is 36.3 Å². The maximum atomic E-state index is 11.5. The van der Waals surface area contributed by atoms with Crippen LogP contribution in [0.4, 0.5) is 0 Å². The van der Waals surface area contributed by atoms with Crippen LogP contribution >= 0.6 is 0 Å². The molecule has 1 saturated heterocycles. The van der Waals surface area contributed by atoms with E-state index in [2.05, 4.69) is 0 Å². The van der Waals surface area contributed by atoms with Crippen molar-refractivity contribution in [1.29, 1.82) is 0 Å². The Morgan fingerprint density at radius 1 is 1.50 bits per heavy atom. The average molecular weight is 253 g/mol. The fourth-order valence-electron chi connectivity index (χ4n) is 1.89. The van der Waals surface area contributed by atoms with E-state index in [9.17, 15) is 23.1 Å². The number of β-lactam (4-membered cyclic amide) rings is 1. The number of aliphatic carboxylic acids is 1. The van der Waals surface area contributed by atoms with Crippen molar-refractivity contribution in [2.24, 2.45) is 0 Å². The molecule has 0 spiro atoms. The van der Waals surface area contributed by atoms with E-state index in [4.69, 9.17) is 0 Å². The van der Waals surface area contributed by atoms with E-state index in [1.165, 1.54) is 6.92 Å². The summed E-state index contributed by atoms with van der Waals surface area (Å²) in [6.07, 6.45) is -0.133. The quantitative estimate of drug-likeness (QED) is 0.344. The SMILES string of the molecule is CC1=C(C(=O)[O-])N2C(=O)C[C@H]2S(=O)(=O)C1.[Na+]. The summed E-state index contributed by atoms with van der Waals surface area (Å²) >= 11 is 0. The van der Waals surface area contributed by atoms with Gasteiger partial charge < -0.3 is 9.90 Å². The molecule has 82 valence electrons. The molecule has 2 heterocycles. The summed E-state index contributed by atoms with van der Waals surface area (Å²) in [7, 11) is -3.42. The van der Waals surface area contributed by atoms with Gasteiger partial charge in [0.05, 0.1) is 23.8 Å². The zero-order chi connectivity index (χ0) is 11.4. The summed E-state index contributed by atoms with van der Waals surface area (Å²) in [5, 5.41) is 9.75. The van der Waals surface area contributed by atoms with Gasteiger partial charge in [-0.05, 0) is 12.5 Å². The summed E-state index contributed by atoms with van der Waals surface area (Å²) < 4.78 is 23.1. The number of hydrogen-bond donors (Lipinski definition) is 0. The Bertz CT molecular complexity index is 495. The first kappa shape index (κ1) is 13.7. The number of carbonyl (C=O) groups is 2. The molecule has 16 heavy (non-hydrogen) atoms. The first-order valence-electron chi connectivity index (χ1n) is 4.29. The van der Waals surface area contributed by atoms with E-state index in [-0.39, 0.29) is 53.0 Å². The number of nitrogens with zero attached hydrogens (tertiary/aromatic N) is 1. The first-order valence-corrected chi connectivity index (χ1v) is 6.01. The van der Waals surface area contributed by atoms with Crippen LogP contribution in [0.1, 0.15) is 13.3 Å². The van der Waals surface area contributed by atoms with Gasteiger partial charge in [0.2, 0.25) is 5.91 Å². The Kier molecular flexibility index (Phi) is 3.54. The normalized spacial score (nSPS) is 26.7. The van der Waals surface area contributed by atoms with Crippen LogP contribution in [0.3, 0.4) is 0 Å². The van der Waals surface area contributed by atoms with Crippen LogP contribution in [0.25, 0.3) is 0 Å². The number of fused-ring (bicyclic) bond motifs is 1. The molecule has 1 atom stereocenters. The van der Waals surface area contributed by atoms with E-state index in [1.54, 1.807) is 0 Å². The fourth-order valence-corrected chi connectivity index (χ4v) is 3.76. The van der Waals surface area contributed by atoms with Gasteiger partial charge in [-0.15, -0.1) is 0 Å². The molecule has 0 aromatic rings. The van der Waals surface area contributed by atoms with Crippen LogP contribution in [0.5, 0.6) is 0 Å². The maximum Gasteiger partial charge on any atom is 1.00 e. The van der Waals surface area contributed by atoms with Gasteiger partial charge in [0.25, 0.3) is 0 Å². The van der Waals surface area contributed by atoms with Gasteiger partial charge in [0, 0.05) is 0 Å². The number of carboxylic acid groups (broad SMARTS) is 1. The Labute approximate surface area is 115 Å². The monoisotopic (exact) mass is 253 g/mol. The van der Waals surface area contributed by atoms with Gasteiger partial charge in [-0.2, -0.15) is 0 Å². The van der Waals surface area contributed by atoms with Crippen molar-refractivity contribution in [2.45, 2.75) is 18.7 Å². The maximum absolute atomic E-state index is 11.5. The second-order valence-corrected chi connectivity index (χ2v) is 5.80.